The van der Waals surface area contributed by atoms with Crippen molar-refractivity contribution in [1.29, 1.82) is 0 Å². The van der Waals surface area contributed by atoms with Gasteiger partial charge in [0.05, 0.1) is 16.4 Å². The van der Waals surface area contributed by atoms with Crippen LogP contribution in [0.1, 0.15) is 27.2 Å². The molecular formula is C25H21ClN4O2. The highest BCUT2D eigenvalue weighted by atomic mass is 35.5. The number of carbonyl (C=O) groups is 1. The Hall–Kier alpha value is -3.77. The van der Waals surface area contributed by atoms with Gasteiger partial charge in [-0.15, -0.1) is 0 Å². The van der Waals surface area contributed by atoms with Crippen molar-refractivity contribution in [3.8, 4) is 11.3 Å². The van der Waals surface area contributed by atoms with Crippen LogP contribution >= 0.6 is 11.6 Å². The van der Waals surface area contributed by atoms with E-state index < -0.39 is 0 Å². The number of hydrogen-bond acceptors (Lipinski definition) is 5. The highest BCUT2D eigenvalue weighted by Crippen LogP contribution is 2.32. The first-order valence-electron chi connectivity index (χ1n) is 10.0. The lowest BCUT2D eigenvalue weighted by atomic mass is 10.1. The fourth-order valence-corrected chi connectivity index (χ4v) is 3.41. The summed E-state index contributed by atoms with van der Waals surface area (Å²) in [6.45, 7) is 5.65. The Labute approximate surface area is 190 Å². The zero-order valence-electron chi connectivity index (χ0n) is 17.9. The lowest BCUT2D eigenvalue weighted by Crippen LogP contribution is -2.13. The molecule has 7 heteroatoms. The molecule has 0 saturated carbocycles. The smallest absolute Gasteiger partial charge is 0.261 e. The maximum absolute atomic E-state index is 13.1. The Morgan fingerprint density at radius 1 is 0.969 bits per heavy atom. The number of benzene rings is 3. The van der Waals surface area contributed by atoms with E-state index in [0.29, 0.717) is 39.0 Å². The molecule has 6 nitrogen and oxygen atoms in total. The maximum atomic E-state index is 13.1. The molecule has 0 saturated heterocycles. The number of nitrogens with zero attached hydrogens (tertiary/aromatic N) is 3. The molecule has 4 aromatic rings. The summed E-state index contributed by atoms with van der Waals surface area (Å²) in [4.78, 5) is 13.1. The minimum atomic E-state index is -0.344. The van der Waals surface area contributed by atoms with Gasteiger partial charge in [-0.2, -0.15) is 10.2 Å². The average molecular weight is 445 g/mol. The van der Waals surface area contributed by atoms with Crippen LogP contribution in [0.4, 0.5) is 17.1 Å². The minimum absolute atomic E-state index is 0.335. The number of amides is 1. The number of aryl methyl sites for hydroxylation is 3. The van der Waals surface area contributed by atoms with Crippen molar-refractivity contribution in [2.45, 2.75) is 20.8 Å². The Bertz CT molecular complexity index is 1310. The van der Waals surface area contributed by atoms with E-state index in [1.807, 2.05) is 62.4 Å². The topological polar surface area (TPSA) is 79.9 Å². The Balaban J connectivity index is 1.60. The van der Waals surface area contributed by atoms with Gasteiger partial charge in [0.2, 0.25) is 0 Å². The summed E-state index contributed by atoms with van der Waals surface area (Å²) >= 11 is 6.30. The van der Waals surface area contributed by atoms with Gasteiger partial charge in [-0.3, -0.25) is 4.79 Å². The number of azo groups is 1. The lowest BCUT2D eigenvalue weighted by molar-refractivity contribution is 0.102. The van der Waals surface area contributed by atoms with Crippen LogP contribution in [0.5, 0.6) is 0 Å². The molecule has 0 bridgehead atoms. The van der Waals surface area contributed by atoms with Crippen LogP contribution in [0.15, 0.2) is 81.5 Å². The van der Waals surface area contributed by atoms with Gasteiger partial charge in [-0.1, -0.05) is 58.7 Å². The van der Waals surface area contributed by atoms with Gasteiger partial charge in [0.25, 0.3) is 5.91 Å². The van der Waals surface area contributed by atoms with E-state index in [0.717, 1.165) is 16.8 Å². The predicted molar refractivity (Wildman–Crippen MR) is 126 cm³/mol. The SMILES string of the molecule is Cc1ccc(N=Nc2cc(NC(=O)c3c(-c4ccccc4Cl)noc3C)ccc2C)cc1. The number of hydrogen-bond donors (Lipinski definition) is 1. The quantitative estimate of drug-likeness (QED) is 0.322. The number of halogens is 1. The fraction of sp³-hybridized carbons (Fsp3) is 0.120. The molecule has 0 aliphatic carbocycles. The van der Waals surface area contributed by atoms with Crippen LogP contribution in [-0.2, 0) is 0 Å². The van der Waals surface area contributed by atoms with E-state index in [1.54, 1.807) is 25.1 Å². The highest BCUT2D eigenvalue weighted by molar-refractivity contribution is 6.33. The summed E-state index contributed by atoms with van der Waals surface area (Å²) in [5, 5.41) is 16.1. The van der Waals surface area contributed by atoms with Crippen LogP contribution in [0, 0.1) is 20.8 Å². The normalized spacial score (nSPS) is 11.1. The van der Waals surface area contributed by atoms with Crippen molar-refractivity contribution >= 4 is 34.6 Å². The third kappa shape index (κ3) is 4.60. The zero-order valence-corrected chi connectivity index (χ0v) is 18.6. The third-order valence-electron chi connectivity index (χ3n) is 4.99. The molecule has 3 aromatic carbocycles. The molecule has 1 amide bonds. The first-order chi connectivity index (χ1) is 15.4. The van der Waals surface area contributed by atoms with Gasteiger partial charge >= 0.3 is 0 Å². The Morgan fingerprint density at radius 2 is 1.72 bits per heavy atom. The summed E-state index contributed by atoms with van der Waals surface area (Å²) in [7, 11) is 0. The fourth-order valence-electron chi connectivity index (χ4n) is 3.19. The van der Waals surface area contributed by atoms with E-state index in [1.165, 1.54) is 0 Å². The summed E-state index contributed by atoms with van der Waals surface area (Å²) in [5.41, 5.74) is 5.47. The molecular weight excluding hydrogens is 424 g/mol. The molecule has 1 aromatic heterocycles. The second kappa shape index (κ2) is 9.16. The summed E-state index contributed by atoms with van der Waals surface area (Å²) in [5.74, 6) is 0.0627. The summed E-state index contributed by atoms with van der Waals surface area (Å²) in [6, 6.07) is 20.4. The molecule has 0 fully saturated rings. The first kappa shape index (κ1) is 21.5. The van der Waals surface area contributed by atoms with Crippen LogP contribution in [-0.4, -0.2) is 11.1 Å². The minimum Gasteiger partial charge on any atom is -0.360 e. The van der Waals surface area contributed by atoms with Crippen molar-refractivity contribution in [2.24, 2.45) is 10.2 Å². The van der Waals surface area contributed by atoms with E-state index in [-0.39, 0.29) is 5.91 Å². The molecule has 4 rings (SSSR count). The molecule has 0 aliphatic rings. The second-order valence-electron chi connectivity index (χ2n) is 7.43. The summed E-state index contributed by atoms with van der Waals surface area (Å²) in [6.07, 6.45) is 0. The van der Waals surface area contributed by atoms with E-state index in [2.05, 4.69) is 20.7 Å². The molecule has 1 N–H and O–H groups in total. The van der Waals surface area contributed by atoms with Gasteiger partial charge in [0.15, 0.2) is 0 Å². The third-order valence-corrected chi connectivity index (χ3v) is 5.32. The lowest BCUT2D eigenvalue weighted by Gasteiger charge is -2.08. The predicted octanol–water partition coefficient (Wildman–Crippen LogP) is 7.59. The second-order valence-corrected chi connectivity index (χ2v) is 7.84. The number of nitrogens with one attached hydrogen (secondary N) is 1. The van der Waals surface area contributed by atoms with Gasteiger partial charge in [-0.05, 0) is 56.7 Å². The molecule has 0 radical (unpaired) electrons. The van der Waals surface area contributed by atoms with Crippen LogP contribution in [0.3, 0.4) is 0 Å². The standard InChI is InChI=1S/C25H21ClN4O2/c1-15-8-11-18(12-9-15)28-29-22-14-19(13-10-16(22)2)27-25(31)23-17(3)32-30-24(23)20-6-4-5-7-21(20)26/h4-14H,1-3H3,(H,27,31). The van der Waals surface area contributed by atoms with Gasteiger partial charge in [0.1, 0.15) is 17.0 Å². The average Bonchev–Trinajstić information content (AvgIpc) is 3.16. The van der Waals surface area contributed by atoms with Crippen molar-refractivity contribution in [2.75, 3.05) is 5.32 Å². The molecule has 0 aliphatic heterocycles. The number of carbonyl (C=O) groups excluding carboxylic acids is 1. The van der Waals surface area contributed by atoms with E-state index in [9.17, 15) is 4.79 Å². The van der Waals surface area contributed by atoms with Gasteiger partial charge in [0, 0.05) is 11.3 Å². The Kier molecular flexibility index (Phi) is 6.14. The highest BCUT2D eigenvalue weighted by Gasteiger charge is 2.23. The van der Waals surface area contributed by atoms with Crippen molar-refractivity contribution in [1.82, 2.24) is 5.16 Å². The van der Waals surface area contributed by atoms with Crippen molar-refractivity contribution in [3.05, 3.63) is 94.2 Å². The largest absolute Gasteiger partial charge is 0.360 e. The molecule has 32 heavy (non-hydrogen) atoms. The zero-order chi connectivity index (χ0) is 22.7. The van der Waals surface area contributed by atoms with Gasteiger partial charge < -0.3 is 9.84 Å². The number of anilines is 1. The summed E-state index contributed by atoms with van der Waals surface area (Å²) < 4.78 is 5.30. The number of rotatable bonds is 5. The molecule has 160 valence electrons. The maximum Gasteiger partial charge on any atom is 0.261 e. The van der Waals surface area contributed by atoms with Crippen molar-refractivity contribution in [3.63, 3.8) is 0 Å². The monoisotopic (exact) mass is 444 g/mol. The van der Waals surface area contributed by atoms with Crippen molar-refractivity contribution < 1.29 is 9.32 Å². The molecule has 1 heterocycles. The van der Waals surface area contributed by atoms with Crippen LogP contribution in [0.25, 0.3) is 11.3 Å². The Morgan fingerprint density at radius 3 is 2.47 bits per heavy atom. The molecule has 0 unspecified atom stereocenters. The molecule has 0 atom stereocenters. The van der Waals surface area contributed by atoms with Crippen LogP contribution in [0.2, 0.25) is 5.02 Å². The first-order valence-corrected chi connectivity index (χ1v) is 10.4. The van der Waals surface area contributed by atoms with Crippen LogP contribution < -0.4 is 5.32 Å². The number of aromatic nitrogens is 1. The molecule has 0 spiro atoms. The van der Waals surface area contributed by atoms with E-state index >= 15 is 0 Å². The van der Waals surface area contributed by atoms with Gasteiger partial charge in [-0.25, -0.2) is 0 Å². The van der Waals surface area contributed by atoms with E-state index in [4.69, 9.17) is 16.1 Å².